The molecule has 0 spiro atoms. The second kappa shape index (κ2) is 12.6. The Morgan fingerprint density at radius 1 is 1.06 bits per heavy atom. The number of carbonyl (C=O) groups is 2. The topological polar surface area (TPSA) is 86.8 Å². The fraction of sp³-hybridized carbons (Fsp3) is 0.440. The highest BCUT2D eigenvalue weighted by atomic mass is 79.9. The summed E-state index contributed by atoms with van der Waals surface area (Å²) in [5, 5.41) is 3.76. The summed E-state index contributed by atoms with van der Waals surface area (Å²) < 4.78 is 27.1. The first kappa shape index (κ1) is 28.8. The van der Waals surface area contributed by atoms with E-state index in [4.69, 9.17) is 23.2 Å². The van der Waals surface area contributed by atoms with Gasteiger partial charge < -0.3 is 10.2 Å². The first-order valence-electron chi connectivity index (χ1n) is 11.7. The van der Waals surface area contributed by atoms with Crippen LogP contribution in [0.5, 0.6) is 0 Å². The van der Waals surface area contributed by atoms with Crippen LogP contribution in [0.4, 0.5) is 5.69 Å². The predicted molar refractivity (Wildman–Crippen MR) is 148 cm³/mol. The molecular formula is C25H30BrCl2N3O4S. The molecule has 1 atom stereocenters. The zero-order chi connectivity index (χ0) is 26.5. The molecule has 2 amide bonds. The molecular weight excluding hydrogens is 589 g/mol. The number of hydrogen-bond donors (Lipinski definition) is 1. The van der Waals surface area contributed by atoms with Gasteiger partial charge in [-0.25, -0.2) is 8.42 Å². The standard InChI is InChI=1S/C25H30BrCl2N3O4S/c1-17(25(33)29-19-7-4-3-5-8-19)30(15-21-22(27)9-6-10-23(21)28)24(32)16-31(36(2,34)35)20-13-11-18(26)12-14-20/h6,9-14,17,19H,3-5,7-8,15-16H2,1-2H3,(H,29,33)/t17-/m0/s1. The van der Waals surface area contributed by atoms with Gasteiger partial charge in [0.05, 0.1) is 11.9 Å². The number of rotatable bonds is 9. The molecule has 1 N–H and O–H groups in total. The molecule has 0 bridgehead atoms. The number of carbonyl (C=O) groups excluding carboxylic acids is 2. The Morgan fingerprint density at radius 2 is 1.64 bits per heavy atom. The maximum atomic E-state index is 13.7. The molecule has 0 aliphatic heterocycles. The van der Waals surface area contributed by atoms with Gasteiger partial charge in [0.25, 0.3) is 0 Å². The summed E-state index contributed by atoms with van der Waals surface area (Å²) in [5.41, 5.74) is 0.824. The molecule has 0 radical (unpaired) electrons. The van der Waals surface area contributed by atoms with Crippen LogP contribution in [0.25, 0.3) is 0 Å². The quantitative estimate of drug-likeness (QED) is 0.408. The highest BCUT2D eigenvalue weighted by Crippen LogP contribution is 2.28. The summed E-state index contributed by atoms with van der Waals surface area (Å²) in [6, 6.07) is 10.8. The van der Waals surface area contributed by atoms with Crippen molar-refractivity contribution in [1.82, 2.24) is 10.2 Å². The van der Waals surface area contributed by atoms with Crippen LogP contribution in [-0.2, 0) is 26.2 Å². The van der Waals surface area contributed by atoms with Crippen LogP contribution in [0.2, 0.25) is 10.0 Å². The van der Waals surface area contributed by atoms with Gasteiger partial charge in [-0.2, -0.15) is 0 Å². The zero-order valence-electron chi connectivity index (χ0n) is 20.2. The first-order valence-corrected chi connectivity index (χ1v) is 15.1. The molecule has 0 heterocycles. The number of nitrogens with zero attached hydrogens (tertiary/aromatic N) is 2. The monoisotopic (exact) mass is 617 g/mol. The van der Waals surface area contributed by atoms with Crippen molar-refractivity contribution >= 4 is 66.7 Å². The number of nitrogens with one attached hydrogen (secondary N) is 1. The Balaban J connectivity index is 1.91. The summed E-state index contributed by atoms with van der Waals surface area (Å²) in [6.07, 6.45) is 6.08. The first-order chi connectivity index (χ1) is 17.0. The summed E-state index contributed by atoms with van der Waals surface area (Å²) in [6.45, 7) is 1.10. The number of anilines is 1. The molecule has 196 valence electrons. The lowest BCUT2D eigenvalue weighted by Crippen LogP contribution is -2.53. The van der Waals surface area contributed by atoms with Gasteiger partial charge in [0.2, 0.25) is 21.8 Å². The molecule has 36 heavy (non-hydrogen) atoms. The van der Waals surface area contributed by atoms with E-state index in [1.54, 1.807) is 49.4 Å². The fourth-order valence-electron chi connectivity index (χ4n) is 4.23. The van der Waals surface area contributed by atoms with Crippen molar-refractivity contribution in [3.05, 3.63) is 62.5 Å². The van der Waals surface area contributed by atoms with Crippen molar-refractivity contribution in [3.63, 3.8) is 0 Å². The van der Waals surface area contributed by atoms with E-state index in [1.165, 1.54) is 4.90 Å². The number of sulfonamides is 1. The van der Waals surface area contributed by atoms with Crippen LogP contribution in [0, 0.1) is 0 Å². The largest absolute Gasteiger partial charge is 0.352 e. The van der Waals surface area contributed by atoms with Crippen molar-refractivity contribution in [1.29, 1.82) is 0 Å². The average molecular weight is 619 g/mol. The minimum Gasteiger partial charge on any atom is -0.352 e. The van der Waals surface area contributed by atoms with Crippen molar-refractivity contribution in [2.24, 2.45) is 0 Å². The van der Waals surface area contributed by atoms with Gasteiger partial charge in [-0.05, 0) is 56.2 Å². The lowest BCUT2D eigenvalue weighted by atomic mass is 9.95. The van der Waals surface area contributed by atoms with E-state index in [-0.39, 0.29) is 18.5 Å². The van der Waals surface area contributed by atoms with Crippen LogP contribution in [-0.4, -0.2) is 50.0 Å². The molecule has 1 aliphatic carbocycles. The zero-order valence-corrected chi connectivity index (χ0v) is 24.1. The summed E-state index contributed by atoms with van der Waals surface area (Å²) >= 11 is 16.1. The normalized spacial score (nSPS) is 15.2. The lowest BCUT2D eigenvalue weighted by molar-refractivity contribution is -0.139. The van der Waals surface area contributed by atoms with Crippen LogP contribution >= 0.6 is 39.1 Å². The minimum absolute atomic E-state index is 0.0471. The minimum atomic E-state index is -3.80. The highest BCUT2D eigenvalue weighted by molar-refractivity contribution is 9.10. The summed E-state index contributed by atoms with van der Waals surface area (Å²) in [4.78, 5) is 28.2. The molecule has 11 heteroatoms. The van der Waals surface area contributed by atoms with Crippen molar-refractivity contribution in [3.8, 4) is 0 Å². The molecule has 0 saturated heterocycles. The van der Waals surface area contributed by atoms with Crippen molar-refractivity contribution in [2.75, 3.05) is 17.1 Å². The molecule has 2 aromatic carbocycles. The molecule has 7 nitrogen and oxygen atoms in total. The van der Waals surface area contributed by atoms with E-state index >= 15 is 0 Å². The van der Waals surface area contributed by atoms with Gasteiger partial charge in [0.15, 0.2) is 0 Å². The van der Waals surface area contributed by atoms with E-state index in [2.05, 4.69) is 21.2 Å². The second-order valence-electron chi connectivity index (χ2n) is 8.99. The number of halogens is 3. The van der Waals surface area contributed by atoms with Gasteiger partial charge >= 0.3 is 0 Å². The predicted octanol–water partition coefficient (Wildman–Crippen LogP) is 5.39. The summed E-state index contributed by atoms with van der Waals surface area (Å²) in [5.74, 6) is -0.849. The van der Waals surface area contributed by atoms with E-state index in [0.29, 0.717) is 21.3 Å². The molecule has 2 aromatic rings. The van der Waals surface area contributed by atoms with E-state index in [9.17, 15) is 18.0 Å². The SMILES string of the molecule is C[C@@H](C(=O)NC1CCCCC1)N(Cc1c(Cl)cccc1Cl)C(=O)CN(c1ccc(Br)cc1)S(C)(=O)=O. The molecule has 0 aromatic heterocycles. The third-order valence-electron chi connectivity index (χ3n) is 6.30. The Morgan fingerprint density at radius 3 is 2.19 bits per heavy atom. The average Bonchev–Trinajstić information content (AvgIpc) is 2.82. The van der Waals surface area contributed by atoms with E-state index in [0.717, 1.165) is 47.1 Å². The Bertz CT molecular complexity index is 1170. The van der Waals surface area contributed by atoms with Crippen LogP contribution in [0.15, 0.2) is 46.9 Å². The van der Waals surface area contributed by atoms with Crippen molar-refractivity contribution in [2.45, 2.75) is 57.7 Å². The number of hydrogen-bond acceptors (Lipinski definition) is 4. The fourth-order valence-corrected chi connectivity index (χ4v) is 5.86. The van der Waals surface area contributed by atoms with E-state index < -0.39 is 28.5 Å². The van der Waals surface area contributed by atoms with Gasteiger partial charge in [0.1, 0.15) is 12.6 Å². The second-order valence-corrected chi connectivity index (χ2v) is 12.6. The van der Waals surface area contributed by atoms with Gasteiger partial charge in [-0.3, -0.25) is 13.9 Å². The van der Waals surface area contributed by atoms with Gasteiger partial charge in [0, 0.05) is 32.7 Å². The van der Waals surface area contributed by atoms with Crippen molar-refractivity contribution < 1.29 is 18.0 Å². The Hall–Kier alpha value is -1.81. The third kappa shape index (κ3) is 7.60. The third-order valence-corrected chi connectivity index (χ3v) is 8.68. The van der Waals surface area contributed by atoms with Gasteiger partial charge in [-0.15, -0.1) is 0 Å². The smallest absolute Gasteiger partial charge is 0.244 e. The molecule has 1 saturated carbocycles. The molecule has 1 fully saturated rings. The molecule has 1 aliphatic rings. The number of benzene rings is 2. The summed E-state index contributed by atoms with van der Waals surface area (Å²) in [7, 11) is -3.80. The van der Waals surface area contributed by atoms with Crippen LogP contribution in [0.1, 0.15) is 44.6 Å². The lowest BCUT2D eigenvalue weighted by Gasteiger charge is -2.33. The highest BCUT2D eigenvalue weighted by Gasteiger charge is 2.32. The number of amides is 2. The Labute approximate surface area is 231 Å². The van der Waals surface area contributed by atoms with Crippen LogP contribution < -0.4 is 9.62 Å². The maximum absolute atomic E-state index is 13.7. The van der Waals surface area contributed by atoms with E-state index in [1.807, 2.05) is 0 Å². The maximum Gasteiger partial charge on any atom is 0.244 e. The van der Waals surface area contributed by atoms with Gasteiger partial charge in [-0.1, -0.05) is 64.5 Å². The van der Waals surface area contributed by atoms with Crippen LogP contribution in [0.3, 0.4) is 0 Å². The Kier molecular flexibility index (Phi) is 10.1. The molecule has 0 unspecified atom stereocenters. The molecule has 3 rings (SSSR count).